The van der Waals surface area contributed by atoms with Crippen LogP contribution < -0.4 is 5.32 Å². The van der Waals surface area contributed by atoms with E-state index in [4.69, 9.17) is 5.11 Å². The third-order valence-corrected chi connectivity index (χ3v) is 4.05. The Morgan fingerprint density at radius 2 is 1.73 bits per heavy atom. The highest BCUT2D eigenvalue weighted by Crippen LogP contribution is 1.94. The van der Waals surface area contributed by atoms with Gasteiger partial charge >= 0.3 is 0 Å². The number of sulfone groups is 1. The molecule has 0 saturated heterocycles. The summed E-state index contributed by atoms with van der Waals surface area (Å²) in [5.41, 5.74) is 0. The lowest BCUT2D eigenvalue weighted by Crippen LogP contribution is -2.20. The smallest absolute Gasteiger partial charge is 0.150 e. The van der Waals surface area contributed by atoms with Crippen molar-refractivity contribution in [3.05, 3.63) is 0 Å². The highest BCUT2D eigenvalue weighted by atomic mass is 32.2. The van der Waals surface area contributed by atoms with E-state index >= 15 is 0 Å². The molecule has 2 N–H and O–H groups in total. The van der Waals surface area contributed by atoms with Crippen LogP contribution in [0.4, 0.5) is 0 Å². The van der Waals surface area contributed by atoms with Gasteiger partial charge in [-0.05, 0) is 38.8 Å². The van der Waals surface area contributed by atoms with E-state index in [9.17, 15) is 8.42 Å². The Morgan fingerprint density at radius 3 is 2.33 bits per heavy atom. The highest BCUT2D eigenvalue weighted by Gasteiger charge is 2.05. The zero-order valence-electron chi connectivity index (χ0n) is 9.54. The summed E-state index contributed by atoms with van der Waals surface area (Å²) in [6.07, 6.45) is 3.61. The fraction of sp³-hybridized carbons (Fsp3) is 1.00. The molecule has 0 atom stereocenters. The van der Waals surface area contributed by atoms with Gasteiger partial charge in [-0.1, -0.05) is 6.92 Å². The van der Waals surface area contributed by atoms with Crippen LogP contribution in [0.2, 0.25) is 0 Å². The molecule has 0 heterocycles. The molecule has 0 fully saturated rings. The molecule has 0 saturated carbocycles. The summed E-state index contributed by atoms with van der Waals surface area (Å²) < 4.78 is 22.2. The summed E-state index contributed by atoms with van der Waals surface area (Å²) in [7, 11) is -2.79. The molecule has 5 heteroatoms. The molecule has 0 aliphatic heterocycles. The molecule has 15 heavy (non-hydrogen) atoms. The van der Waals surface area contributed by atoms with E-state index in [2.05, 4.69) is 5.32 Å². The molecular weight excluding hydrogens is 214 g/mol. The van der Waals surface area contributed by atoms with Crippen LogP contribution in [0.15, 0.2) is 0 Å². The number of aliphatic hydroxyl groups is 1. The summed E-state index contributed by atoms with van der Waals surface area (Å²) in [6.45, 7) is 3.61. The summed E-state index contributed by atoms with van der Waals surface area (Å²) >= 11 is 0. The molecule has 92 valence electrons. The predicted molar refractivity (Wildman–Crippen MR) is 62.8 cm³/mol. The van der Waals surface area contributed by atoms with Crippen LogP contribution in [0.25, 0.3) is 0 Å². The molecular formula is C10H23NO3S. The van der Waals surface area contributed by atoms with E-state index in [1.54, 1.807) is 6.92 Å². The minimum absolute atomic E-state index is 0.240. The lowest BCUT2D eigenvalue weighted by molar-refractivity contribution is 0.283. The molecule has 0 unspecified atom stereocenters. The molecule has 0 aromatic carbocycles. The average Bonchev–Trinajstić information content (AvgIpc) is 2.22. The number of hydrogen-bond donors (Lipinski definition) is 2. The van der Waals surface area contributed by atoms with Crippen LogP contribution in [0, 0.1) is 0 Å². The van der Waals surface area contributed by atoms with E-state index in [-0.39, 0.29) is 18.1 Å². The van der Waals surface area contributed by atoms with E-state index in [1.807, 2.05) is 0 Å². The first-order chi connectivity index (χ1) is 7.12. The second kappa shape index (κ2) is 9.12. The van der Waals surface area contributed by atoms with Crippen LogP contribution >= 0.6 is 0 Å². The normalized spacial score (nSPS) is 11.9. The number of hydrogen-bond acceptors (Lipinski definition) is 4. The second-order valence-electron chi connectivity index (χ2n) is 3.62. The number of rotatable bonds is 10. The van der Waals surface area contributed by atoms with E-state index in [0.29, 0.717) is 6.42 Å². The maximum absolute atomic E-state index is 11.1. The Kier molecular flexibility index (Phi) is 9.04. The average molecular weight is 237 g/mol. The van der Waals surface area contributed by atoms with Crippen LogP contribution in [0.1, 0.15) is 32.6 Å². The van der Waals surface area contributed by atoms with Gasteiger partial charge in [-0.15, -0.1) is 0 Å². The molecule has 0 bridgehead atoms. The fourth-order valence-electron chi connectivity index (χ4n) is 1.22. The molecule has 0 aromatic rings. The van der Waals surface area contributed by atoms with Gasteiger partial charge in [0.25, 0.3) is 0 Å². The Hall–Kier alpha value is -0.130. The molecule has 0 radical (unpaired) electrons. The maximum atomic E-state index is 11.1. The van der Waals surface area contributed by atoms with Crippen LogP contribution in [0.3, 0.4) is 0 Å². The monoisotopic (exact) mass is 237 g/mol. The van der Waals surface area contributed by atoms with Gasteiger partial charge in [-0.2, -0.15) is 0 Å². The standard InChI is InChI=1S/C10H23NO3S/c1-2-15(13,14)10-6-8-11-7-4-3-5-9-12/h11-12H,2-10H2,1H3. The van der Waals surface area contributed by atoms with Crippen molar-refractivity contribution in [2.24, 2.45) is 0 Å². The lowest BCUT2D eigenvalue weighted by Gasteiger charge is -2.04. The molecule has 0 aliphatic rings. The Labute approximate surface area is 93.0 Å². The number of aliphatic hydroxyl groups excluding tert-OH is 1. The van der Waals surface area contributed by atoms with Gasteiger partial charge in [-0.3, -0.25) is 0 Å². The van der Waals surface area contributed by atoms with Gasteiger partial charge in [0.1, 0.15) is 9.84 Å². The molecule has 4 nitrogen and oxygen atoms in total. The number of unbranched alkanes of at least 4 members (excludes halogenated alkanes) is 2. The van der Waals surface area contributed by atoms with Crippen molar-refractivity contribution in [3.63, 3.8) is 0 Å². The Morgan fingerprint density at radius 1 is 1.07 bits per heavy atom. The summed E-state index contributed by atoms with van der Waals surface area (Å²) in [5.74, 6) is 0.524. The van der Waals surface area contributed by atoms with Gasteiger partial charge in [0.2, 0.25) is 0 Å². The van der Waals surface area contributed by atoms with E-state index in [1.165, 1.54) is 0 Å². The van der Waals surface area contributed by atoms with Gasteiger partial charge in [0.15, 0.2) is 0 Å². The first-order valence-corrected chi connectivity index (χ1v) is 7.46. The van der Waals surface area contributed by atoms with Gasteiger partial charge in [0.05, 0.1) is 5.75 Å². The Bertz CT molecular complexity index is 227. The molecule has 0 aromatic heterocycles. The second-order valence-corrected chi connectivity index (χ2v) is 6.10. The highest BCUT2D eigenvalue weighted by molar-refractivity contribution is 7.91. The molecule has 0 spiro atoms. The van der Waals surface area contributed by atoms with Crippen molar-refractivity contribution < 1.29 is 13.5 Å². The summed E-state index contributed by atoms with van der Waals surface area (Å²) in [5, 5.41) is 11.7. The molecule has 0 amide bonds. The van der Waals surface area contributed by atoms with Crippen molar-refractivity contribution in [3.8, 4) is 0 Å². The fourth-order valence-corrected chi connectivity index (χ4v) is 2.10. The summed E-state index contributed by atoms with van der Waals surface area (Å²) in [4.78, 5) is 0. The van der Waals surface area contributed by atoms with Crippen molar-refractivity contribution in [2.75, 3.05) is 31.2 Å². The van der Waals surface area contributed by atoms with E-state index in [0.717, 1.165) is 32.4 Å². The van der Waals surface area contributed by atoms with Crippen molar-refractivity contribution in [1.82, 2.24) is 5.32 Å². The number of nitrogens with one attached hydrogen (secondary N) is 1. The van der Waals surface area contributed by atoms with Gasteiger partial charge in [0, 0.05) is 12.4 Å². The topological polar surface area (TPSA) is 66.4 Å². The first kappa shape index (κ1) is 14.9. The first-order valence-electron chi connectivity index (χ1n) is 5.64. The van der Waals surface area contributed by atoms with Gasteiger partial charge in [-0.25, -0.2) is 8.42 Å². The van der Waals surface area contributed by atoms with Crippen molar-refractivity contribution >= 4 is 9.84 Å². The van der Waals surface area contributed by atoms with Crippen LogP contribution in [0.5, 0.6) is 0 Å². The third kappa shape index (κ3) is 10.2. The van der Waals surface area contributed by atoms with Crippen LogP contribution in [-0.4, -0.2) is 44.7 Å². The zero-order chi connectivity index (χ0) is 11.6. The summed E-state index contributed by atoms with van der Waals surface area (Å²) in [6, 6.07) is 0. The lowest BCUT2D eigenvalue weighted by atomic mass is 10.2. The third-order valence-electron chi connectivity index (χ3n) is 2.26. The van der Waals surface area contributed by atoms with Crippen LogP contribution in [-0.2, 0) is 9.84 Å². The van der Waals surface area contributed by atoms with Crippen molar-refractivity contribution in [2.45, 2.75) is 32.6 Å². The molecule has 0 aliphatic carbocycles. The maximum Gasteiger partial charge on any atom is 0.150 e. The van der Waals surface area contributed by atoms with E-state index < -0.39 is 9.84 Å². The Balaban J connectivity index is 3.19. The zero-order valence-corrected chi connectivity index (χ0v) is 10.4. The predicted octanol–water partition coefficient (Wildman–Crippen LogP) is 0.563. The molecule has 0 rings (SSSR count). The SMILES string of the molecule is CCS(=O)(=O)CCCNCCCCCO. The minimum atomic E-state index is -2.79. The largest absolute Gasteiger partial charge is 0.396 e. The quantitative estimate of drug-likeness (QED) is 0.545. The van der Waals surface area contributed by atoms with Crippen molar-refractivity contribution in [1.29, 1.82) is 0 Å². The minimum Gasteiger partial charge on any atom is -0.396 e. The van der Waals surface area contributed by atoms with Gasteiger partial charge < -0.3 is 10.4 Å².